The van der Waals surface area contributed by atoms with Crippen LogP contribution in [0.4, 0.5) is 0 Å². The zero-order chi connectivity index (χ0) is 12.6. The van der Waals surface area contributed by atoms with Gasteiger partial charge in [0.05, 0.1) is 16.4 Å². The van der Waals surface area contributed by atoms with Crippen LogP contribution in [0, 0.1) is 12.3 Å². The molecule has 17 heavy (non-hydrogen) atoms. The van der Waals surface area contributed by atoms with E-state index in [2.05, 4.69) is 18.9 Å². The van der Waals surface area contributed by atoms with E-state index in [1.165, 1.54) is 0 Å². The predicted molar refractivity (Wildman–Crippen MR) is 68.3 cm³/mol. The van der Waals surface area contributed by atoms with Crippen LogP contribution in [0.5, 0.6) is 0 Å². The summed E-state index contributed by atoms with van der Waals surface area (Å²) in [5, 5.41) is 5.19. The molecule has 0 aliphatic heterocycles. The highest BCUT2D eigenvalue weighted by molar-refractivity contribution is 6.31. The summed E-state index contributed by atoms with van der Waals surface area (Å²) in [7, 11) is 0. The highest BCUT2D eigenvalue weighted by Gasteiger charge is 2.35. The van der Waals surface area contributed by atoms with Gasteiger partial charge in [0.2, 0.25) is 0 Å². The number of aryl methyl sites for hydroxylation is 2. The van der Waals surface area contributed by atoms with Gasteiger partial charge in [0, 0.05) is 19.4 Å². The highest BCUT2D eigenvalue weighted by Crippen LogP contribution is 2.40. The van der Waals surface area contributed by atoms with Crippen molar-refractivity contribution in [3.8, 4) is 0 Å². The van der Waals surface area contributed by atoms with Crippen molar-refractivity contribution < 1.29 is 4.79 Å². The second-order valence-electron chi connectivity index (χ2n) is 5.36. The van der Waals surface area contributed by atoms with Crippen LogP contribution in [0.1, 0.15) is 44.5 Å². The third kappa shape index (κ3) is 2.39. The number of aromatic nitrogens is 2. The van der Waals surface area contributed by atoms with Crippen molar-refractivity contribution in [3.05, 3.63) is 16.4 Å². The maximum atomic E-state index is 11.4. The summed E-state index contributed by atoms with van der Waals surface area (Å²) in [6.45, 7) is 7.00. The molecule has 1 atom stereocenters. The molecule has 94 valence electrons. The number of nitrogens with zero attached hydrogens (tertiary/aromatic N) is 2. The summed E-state index contributed by atoms with van der Waals surface area (Å²) >= 11 is 6.30. The molecule has 0 N–H and O–H groups in total. The van der Waals surface area contributed by atoms with Crippen LogP contribution >= 0.6 is 11.6 Å². The van der Waals surface area contributed by atoms with E-state index in [-0.39, 0.29) is 5.41 Å². The van der Waals surface area contributed by atoms with E-state index < -0.39 is 0 Å². The van der Waals surface area contributed by atoms with Gasteiger partial charge in [0.15, 0.2) is 0 Å². The van der Waals surface area contributed by atoms with E-state index in [9.17, 15) is 4.79 Å². The Morgan fingerprint density at radius 3 is 2.76 bits per heavy atom. The number of hydrogen-bond donors (Lipinski definition) is 0. The van der Waals surface area contributed by atoms with Gasteiger partial charge >= 0.3 is 0 Å². The lowest BCUT2D eigenvalue weighted by Gasteiger charge is -2.22. The summed E-state index contributed by atoms with van der Waals surface area (Å²) in [4.78, 5) is 11.4. The van der Waals surface area contributed by atoms with Crippen molar-refractivity contribution in [3.63, 3.8) is 0 Å². The molecule has 1 unspecified atom stereocenters. The number of carbonyl (C=O) groups is 1. The van der Waals surface area contributed by atoms with Crippen molar-refractivity contribution in [2.24, 2.45) is 5.41 Å². The van der Waals surface area contributed by atoms with Crippen molar-refractivity contribution in [1.29, 1.82) is 0 Å². The lowest BCUT2D eigenvalue weighted by Crippen LogP contribution is -2.18. The largest absolute Gasteiger partial charge is 0.300 e. The first-order valence-corrected chi connectivity index (χ1v) is 6.56. The van der Waals surface area contributed by atoms with Gasteiger partial charge in [-0.2, -0.15) is 5.10 Å². The Kier molecular flexibility index (Phi) is 3.30. The Morgan fingerprint density at radius 2 is 2.24 bits per heavy atom. The summed E-state index contributed by atoms with van der Waals surface area (Å²) in [5.41, 5.74) is 2.04. The molecule has 1 saturated carbocycles. The van der Waals surface area contributed by atoms with Gasteiger partial charge in [-0.1, -0.05) is 18.5 Å². The van der Waals surface area contributed by atoms with Crippen LogP contribution in [0.3, 0.4) is 0 Å². The standard InChI is InChI=1S/C13H19ClN2O/c1-4-16-11(12(14)9(2)15-16)8-13(3)6-5-10(17)7-13/h4-8H2,1-3H3. The topological polar surface area (TPSA) is 34.9 Å². The number of Topliss-reactive ketones (excluding diaryl/α,β-unsaturated/α-hetero) is 1. The van der Waals surface area contributed by atoms with Crippen molar-refractivity contribution >= 4 is 17.4 Å². The summed E-state index contributed by atoms with van der Waals surface area (Å²) < 4.78 is 1.96. The molecule has 0 spiro atoms. The average molecular weight is 255 g/mol. The molecule has 1 aromatic heterocycles. The van der Waals surface area contributed by atoms with Crippen LogP contribution in [-0.2, 0) is 17.8 Å². The molecule has 1 aliphatic carbocycles. The van der Waals surface area contributed by atoms with Gasteiger partial charge in [-0.25, -0.2) is 0 Å². The first-order valence-electron chi connectivity index (χ1n) is 6.18. The van der Waals surface area contributed by atoms with E-state index in [1.54, 1.807) is 0 Å². The molecule has 3 nitrogen and oxygen atoms in total. The number of carbonyl (C=O) groups excluding carboxylic acids is 1. The first kappa shape index (κ1) is 12.6. The fourth-order valence-corrected chi connectivity index (χ4v) is 2.89. The Hall–Kier alpha value is -0.830. The number of ketones is 1. The van der Waals surface area contributed by atoms with E-state index in [0.717, 1.165) is 35.8 Å². The number of halogens is 1. The molecule has 2 rings (SSSR count). The van der Waals surface area contributed by atoms with E-state index in [4.69, 9.17) is 11.6 Å². The molecule has 1 fully saturated rings. The first-order chi connectivity index (χ1) is 7.95. The van der Waals surface area contributed by atoms with Crippen LogP contribution in [0.25, 0.3) is 0 Å². The normalized spacial score (nSPS) is 24.6. The molecule has 0 radical (unpaired) electrons. The predicted octanol–water partition coefficient (Wildman–Crippen LogP) is 3.17. The van der Waals surface area contributed by atoms with Crippen LogP contribution in [-0.4, -0.2) is 15.6 Å². The number of rotatable bonds is 3. The highest BCUT2D eigenvalue weighted by atomic mass is 35.5. The molecule has 0 bridgehead atoms. The molecule has 0 saturated heterocycles. The number of hydrogen-bond acceptors (Lipinski definition) is 2. The summed E-state index contributed by atoms with van der Waals surface area (Å²) in [5.74, 6) is 0.378. The molecule has 1 heterocycles. The second kappa shape index (κ2) is 4.45. The smallest absolute Gasteiger partial charge is 0.133 e. The van der Waals surface area contributed by atoms with Gasteiger partial charge in [0.1, 0.15) is 5.78 Å². The third-order valence-corrected chi connectivity index (χ3v) is 4.17. The summed E-state index contributed by atoms with van der Waals surface area (Å²) in [6, 6.07) is 0. The average Bonchev–Trinajstić information content (AvgIpc) is 2.74. The lowest BCUT2D eigenvalue weighted by molar-refractivity contribution is -0.117. The Balaban J connectivity index is 2.26. The molecular formula is C13H19ClN2O. The van der Waals surface area contributed by atoms with E-state index >= 15 is 0 Å². The zero-order valence-electron chi connectivity index (χ0n) is 10.7. The van der Waals surface area contributed by atoms with Crippen LogP contribution in [0.15, 0.2) is 0 Å². The minimum atomic E-state index is 0.0696. The van der Waals surface area contributed by atoms with Gasteiger partial charge in [-0.05, 0) is 32.1 Å². The van der Waals surface area contributed by atoms with Gasteiger partial charge in [-0.3, -0.25) is 9.48 Å². The molecule has 4 heteroatoms. The fourth-order valence-electron chi connectivity index (χ4n) is 2.69. The molecule has 0 aromatic carbocycles. The maximum Gasteiger partial charge on any atom is 0.133 e. The van der Waals surface area contributed by atoms with Gasteiger partial charge in [0.25, 0.3) is 0 Å². The van der Waals surface area contributed by atoms with E-state index in [1.807, 2.05) is 11.6 Å². The van der Waals surface area contributed by atoms with Crippen molar-refractivity contribution in [2.75, 3.05) is 0 Å². The second-order valence-corrected chi connectivity index (χ2v) is 5.74. The minimum Gasteiger partial charge on any atom is -0.300 e. The van der Waals surface area contributed by atoms with Crippen LogP contribution in [0.2, 0.25) is 5.02 Å². The van der Waals surface area contributed by atoms with Gasteiger partial charge < -0.3 is 0 Å². The third-order valence-electron chi connectivity index (χ3n) is 3.68. The fraction of sp³-hybridized carbons (Fsp3) is 0.692. The Bertz CT molecular complexity index is 453. The van der Waals surface area contributed by atoms with Crippen molar-refractivity contribution in [2.45, 2.75) is 53.0 Å². The molecule has 1 aromatic rings. The Labute approximate surface area is 107 Å². The minimum absolute atomic E-state index is 0.0696. The Morgan fingerprint density at radius 1 is 1.53 bits per heavy atom. The van der Waals surface area contributed by atoms with Crippen LogP contribution < -0.4 is 0 Å². The van der Waals surface area contributed by atoms with Gasteiger partial charge in [-0.15, -0.1) is 0 Å². The molecule has 1 aliphatic rings. The lowest BCUT2D eigenvalue weighted by atomic mass is 9.83. The maximum absolute atomic E-state index is 11.4. The zero-order valence-corrected chi connectivity index (χ0v) is 11.5. The monoisotopic (exact) mass is 254 g/mol. The molecule has 0 amide bonds. The van der Waals surface area contributed by atoms with E-state index in [0.29, 0.717) is 18.6 Å². The SMILES string of the molecule is CCn1nc(C)c(Cl)c1CC1(C)CCC(=O)C1. The quantitative estimate of drug-likeness (QED) is 0.831. The molecular weight excluding hydrogens is 236 g/mol. The van der Waals surface area contributed by atoms with Crippen molar-refractivity contribution in [1.82, 2.24) is 9.78 Å². The summed E-state index contributed by atoms with van der Waals surface area (Å²) in [6.07, 6.45) is 3.22.